The summed E-state index contributed by atoms with van der Waals surface area (Å²) in [5.41, 5.74) is 7.11. The molecule has 4 N–H and O–H groups in total. The zero-order chi connectivity index (χ0) is 13.9. The van der Waals surface area contributed by atoms with Gasteiger partial charge in [0.05, 0.1) is 5.56 Å². The van der Waals surface area contributed by atoms with Gasteiger partial charge in [-0.1, -0.05) is 0 Å². The van der Waals surface area contributed by atoms with E-state index >= 15 is 0 Å². The van der Waals surface area contributed by atoms with Gasteiger partial charge < -0.3 is 5.73 Å². The number of amides is 1. The molecule has 4 nitrogen and oxygen atoms in total. The van der Waals surface area contributed by atoms with Gasteiger partial charge in [-0.2, -0.15) is 13.2 Å². The lowest BCUT2D eigenvalue weighted by Crippen LogP contribution is -2.44. The quantitative estimate of drug-likeness (QED) is 0.412. The average Bonchev–Trinajstić information content (AvgIpc) is 2.24. The number of carbonyl (C=O) groups is 1. The molecule has 0 heterocycles. The average molecular weight is 281 g/mol. The Bertz CT molecular complexity index is 489. The van der Waals surface area contributed by atoms with Crippen molar-refractivity contribution >= 4 is 23.2 Å². The van der Waals surface area contributed by atoms with E-state index in [1.54, 1.807) is 0 Å². The van der Waals surface area contributed by atoms with Crippen LogP contribution >= 0.6 is 12.2 Å². The molecular formula is C9H7F4N3OS. The van der Waals surface area contributed by atoms with Crippen LogP contribution in [0.25, 0.3) is 0 Å². The van der Waals surface area contributed by atoms with Crippen molar-refractivity contribution in [1.82, 2.24) is 10.9 Å². The number of carbonyl (C=O) groups excluding carboxylic acids is 1. The van der Waals surface area contributed by atoms with E-state index in [1.807, 2.05) is 5.43 Å². The van der Waals surface area contributed by atoms with E-state index in [9.17, 15) is 22.4 Å². The lowest BCUT2D eigenvalue weighted by atomic mass is 10.1. The van der Waals surface area contributed by atoms with Gasteiger partial charge in [0.25, 0.3) is 5.91 Å². The largest absolute Gasteiger partial charge is 0.419 e. The topological polar surface area (TPSA) is 67.2 Å². The van der Waals surface area contributed by atoms with Crippen LogP contribution in [0.1, 0.15) is 15.9 Å². The molecule has 0 aliphatic carbocycles. The van der Waals surface area contributed by atoms with Crippen LogP contribution in [0.3, 0.4) is 0 Å². The summed E-state index contributed by atoms with van der Waals surface area (Å²) in [5, 5.41) is -0.262. The molecule has 9 heteroatoms. The second kappa shape index (κ2) is 5.17. The maximum absolute atomic E-state index is 12.9. The summed E-state index contributed by atoms with van der Waals surface area (Å²) < 4.78 is 50.1. The van der Waals surface area contributed by atoms with Crippen LogP contribution in [0.2, 0.25) is 0 Å². The normalized spacial score (nSPS) is 10.9. The van der Waals surface area contributed by atoms with Crippen LogP contribution < -0.4 is 16.6 Å². The summed E-state index contributed by atoms with van der Waals surface area (Å²) in [6.07, 6.45) is -4.88. The molecule has 1 rings (SSSR count). The van der Waals surface area contributed by atoms with Crippen LogP contribution in [-0.4, -0.2) is 11.0 Å². The van der Waals surface area contributed by atoms with E-state index in [2.05, 4.69) is 17.6 Å². The minimum atomic E-state index is -4.88. The van der Waals surface area contributed by atoms with Crippen LogP contribution in [0, 0.1) is 5.82 Å². The Morgan fingerprint density at radius 3 is 2.39 bits per heavy atom. The van der Waals surface area contributed by atoms with Crippen LogP contribution in [0.15, 0.2) is 18.2 Å². The van der Waals surface area contributed by atoms with Crippen LogP contribution in [0.5, 0.6) is 0 Å². The van der Waals surface area contributed by atoms with Gasteiger partial charge in [-0.3, -0.25) is 15.6 Å². The Kier molecular flexibility index (Phi) is 4.07. The van der Waals surface area contributed by atoms with Crippen molar-refractivity contribution in [2.75, 3.05) is 0 Å². The number of hydrogen-bond acceptors (Lipinski definition) is 2. The molecule has 0 aromatic heterocycles. The highest BCUT2D eigenvalue weighted by molar-refractivity contribution is 7.80. The molecule has 0 fully saturated rings. The molecule has 0 aliphatic rings. The van der Waals surface area contributed by atoms with Gasteiger partial charge in [0.15, 0.2) is 5.11 Å². The van der Waals surface area contributed by atoms with Gasteiger partial charge in [0, 0.05) is 5.56 Å². The number of nitrogens with one attached hydrogen (secondary N) is 2. The molecule has 98 valence electrons. The van der Waals surface area contributed by atoms with Crippen molar-refractivity contribution in [2.24, 2.45) is 5.73 Å². The van der Waals surface area contributed by atoms with E-state index in [0.717, 1.165) is 6.07 Å². The Labute approximate surface area is 104 Å². The number of halogens is 4. The number of nitrogens with two attached hydrogens (primary N) is 1. The standard InChI is InChI=1S/C9H7F4N3OS/c10-6-2-1-4(3-5(6)9(11,12)13)7(17)15-16-8(14)18/h1-3H,(H,15,17)(H3,14,16,18). The molecule has 0 saturated heterocycles. The van der Waals surface area contributed by atoms with Crippen molar-refractivity contribution in [1.29, 1.82) is 0 Å². The Hall–Kier alpha value is -1.90. The van der Waals surface area contributed by atoms with Gasteiger partial charge >= 0.3 is 6.18 Å². The third-order valence-corrected chi connectivity index (χ3v) is 1.94. The summed E-state index contributed by atoms with van der Waals surface area (Å²) >= 11 is 4.38. The van der Waals surface area contributed by atoms with E-state index < -0.39 is 23.5 Å². The number of hydrogen-bond donors (Lipinski definition) is 3. The zero-order valence-electron chi connectivity index (χ0n) is 8.64. The highest BCUT2D eigenvalue weighted by Gasteiger charge is 2.34. The zero-order valence-corrected chi connectivity index (χ0v) is 9.45. The molecule has 0 unspecified atom stereocenters. The Balaban J connectivity index is 2.98. The molecule has 0 atom stereocenters. The second-order valence-electron chi connectivity index (χ2n) is 3.14. The number of benzene rings is 1. The molecular weight excluding hydrogens is 274 g/mol. The molecule has 1 aromatic carbocycles. The predicted molar refractivity (Wildman–Crippen MR) is 58.8 cm³/mol. The van der Waals surface area contributed by atoms with E-state index in [-0.39, 0.29) is 10.7 Å². The predicted octanol–water partition coefficient (Wildman–Crippen LogP) is 1.32. The number of alkyl halides is 3. The maximum Gasteiger partial charge on any atom is 0.419 e. The van der Waals surface area contributed by atoms with E-state index in [4.69, 9.17) is 5.73 Å². The van der Waals surface area contributed by atoms with Gasteiger partial charge in [-0.05, 0) is 30.4 Å². The van der Waals surface area contributed by atoms with Gasteiger partial charge in [-0.25, -0.2) is 4.39 Å². The Morgan fingerprint density at radius 1 is 1.28 bits per heavy atom. The summed E-state index contributed by atoms with van der Waals surface area (Å²) in [6.45, 7) is 0. The first-order valence-electron chi connectivity index (χ1n) is 4.44. The van der Waals surface area contributed by atoms with E-state index in [0.29, 0.717) is 12.1 Å². The van der Waals surface area contributed by atoms with Crippen molar-refractivity contribution in [3.63, 3.8) is 0 Å². The highest BCUT2D eigenvalue weighted by Crippen LogP contribution is 2.31. The third-order valence-electron chi connectivity index (χ3n) is 1.83. The summed E-state index contributed by atoms with van der Waals surface area (Å²) in [7, 11) is 0. The highest BCUT2D eigenvalue weighted by atomic mass is 32.1. The lowest BCUT2D eigenvalue weighted by molar-refractivity contribution is -0.140. The van der Waals surface area contributed by atoms with Crippen molar-refractivity contribution < 1.29 is 22.4 Å². The molecule has 18 heavy (non-hydrogen) atoms. The van der Waals surface area contributed by atoms with Crippen molar-refractivity contribution in [3.8, 4) is 0 Å². The molecule has 0 spiro atoms. The Morgan fingerprint density at radius 2 is 1.89 bits per heavy atom. The third kappa shape index (κ3) is 3.55. The SMILES string of the molecule is NC(=S)NNC(=O)c1ccc(F)c(C(F)(F)F)c1. The smallest absolute Gasteiger partial charge is 0.375 e. The second-order valence-corrected chi connectivity index (χ2v) is 3.58. The molecule has 1 amide bonds. The summed E-state index contributed by atoms with van der Waals surface area (Å²) in [5.74, 6) is -2.38. The fourth-order valence-electron chi connectivity index (χ4n) is 1.07. The molecule has 0 aliphatic heterocycles. The maximum atomic E-state index is 12.9. The fourth-order valence-corrected chi connectivity index (χ4v) is 1.13. The van der Waals surface area contributed by atoms with Crippen molar-refractivity contribution in [3.05, 3.63) is 35.1 Å². The van der Waals surface area contributed by atoms with Crippen LogP contribution in [-0.2, 0) is 6.18 Å². The van der Waals surface area contributed by atoms with Crippen LogP contribution in [0.4, 0.5) is 17.6 Å². The van der Waals surface area contributed by atoms with E-state index in [1.165, 1.54) is 0 Å². The number of rotatable bonds is 1. The lowest BCUT2D eigenvalue weighted by Gasteiger charge is -2.10. The van der Waals surface area contributed by atoms with Gasteiger partial charge in [-0.15, -0.1) is 0 Å². The number of hydrazine groups is 1. The monoisotopic (exact) mass is 281 g/mol. The molecule has 0 radical (unpaired) electrons. The number of thiocarbonyl (C=S) groups is 1. The molecule has 0 bridgehead atoms. The summed E-state index contributed by atoms with van der Waals surface area (Å²) in [6, 6.07) is 1.85. The minimum absolute atomic E-state index is 0.262. The summed E-state index contributed by atoms with van der Waals surface area (Å²) in [4.78, 5) is 11.4. The van der Waals surface area contributed by atoms with Crippen molar-refractivity contribution in [2.45, 2.75) is 6.18 Å². The fraction of sp³-hybridized carbons (Fsp3) is 0.111. The first-order chi connectivity index (χ1) is 8.21. The van der Waals surface area contributed by atoms with Gasteiger partial charge in [0.1, 0.15) is 5.82 Å². The minimum Gasteiger partial charge on any atom is -0.375 e. The molecule has 0 saturated carbocycles. The first kappa shape index (κ1) is 14.2. The van der Waals surface area contributed by atoms with Gasteiger partial charge in [0.2, 0.25) is 0 Å². The molecule has 1 aromatic rings. The first-order valence-corrected chi connectivity index (χ1v) is 4.85.